The Hall–Kier alpha value is -2.93. The predicted octanol–water partition coefficient (Wildman–Crippen LogP) is 4.46. The average molecular weight is 397 g/mol. The summed E-state index contributed by atoms with van der Waals surface area (Å²) in [6, 6.07) is 10.6. The minimum Gasteiger partial charge on any atom is -0.443 e. The molecule has 1 aliphatic rings. The standard InChI is InChI=1S/C22H24FN3O3/c1-22(2,3)29-21(27)26-18-7-5-4-6-15(18)12-19(26)16-14-24-20(13-17(16)23)25-8-10-28-11-9-25/h4-7,12-14H,8-11H2,1-3H3. The van der Waals surface area contributed by atoms with E-state index in [0.29, 0.717) is 43.3 Å². The van der Waals surface area contributed by atoms with E-state index in [9.17, 15) is 4.79 Å². The average Bonchev–Trinajstić information content (AvgIpc) is 3.06. The summed E-state index contributed by atoms with van der Waals surface area (Å²) in [5.41, 5.74) is 0.660. The van der Waals surface area contributed by atoms with Crippen LogP contribution in [-0.4, -0.2) is 47.5 Å². The number of pyridine rings is 1. The molecule has 1 aromatic carbocycles. The predicted molar refractivity (Wildman–Crippen MR) is 110 cm³/mol. The van der Waals surface area contributed by atoms with E-state index in [1.807, 2.05) is 29.2 Å². The van der Waals surface area contributed by atoms with Crippen LogP contribution in [0.2, 0.25) is 0 Å². The molecule has 1 aliphatic heterocycles. The highest BCUT2D eigenvalue weighted by Gasteiger charge is 2.24. The Morgan fingerprint density at radius 3 is 2.59 bits per heavy atom. The van der Waals surface area contributed by atoms with Crippen LogP contribution in [0.25, 0.3) is 22.2 Å². The first-order valence-corrected chi connectivity index (χ1v) is 9.66. The molecule has 0 aliphatic carbocycles. The Morgan fingerprint density at radius 2 is 1.90 bits per heavy atom. The molecule has 3 aromatic rings. The van der Waals surface area contributed by atoms with Crippen LogP contribution in [0.1, 0.15) is 20.8 Å². The van der Waals surface area contributed by atoms with Crippen molar-refractivity contribution in [3.05, 3.63) is 48.4 Å². The van der Waals surface area contributed by atoms with Crippen LogP contribution in [0, 0.1) is 5.82 Å². The lowest BCUT2D eigenvalue weighted by atomic mass is 10.1. The highest BCUT2D eigenvalue weighted by atomic mass is 19.1. The molecule has 0 radical (unpaired) electrons. The van der Waals surface area contributed by atoms with Crippen molar-refractivity contribution >= 4 is 22.8 Å². The summed E-state index contributed by atoms with van der Waals surface area (Å²) in [7, 11) is 0. The highest BCUT2D eigenvalue weighted by molar-refractivity contribution is 5.96. The Kier molecular flexibility index (Phi) is 5.00. The molecule has 0 unspecified atom stereocenters. The van der Waals surface area contributed by atoms with E-state index in [4.69, 9.17) is 9.47 Å². The fourth-order valence-corrected chi connectivity index (χ4v) is 3.43. The maximum absolute atomic E-state index is 15.1. The van der Waals surface area contributed by atoms with Gasteiger partial charge in [0.05, 0.1) is 30.0 Å². The molecule has 0 atom stereocenters. The number of carbonyl (C=O) groups is 1. The van der Waals surface area contributed by atoms with Gasteiger partial charge in [-0.2, -0.15) is 0 Å². The number of nitrogens with zero attached hydrogens (tertiary/aromatic N) is 3. The summed E-state index contributed by atoms with van der Waals surface area (Å²) in [4.78, 5) is 19.4. The zero-order valence-corrected chi connectivity index (χ0v) is 16.8. The molecule has 29 heavy (non-hydrogen) atoms. The first-order chi connectivity index (χ1) is 13.8. The number of rotatable bonds is 2. The second-order valence-corrected chi connectivity index (χ2v) is 8.03. The number of hydrogen-bond donors (Lipinski definition) is 0. The maximum atomic E-state index is 15.1. The molecule has 0 spiro atoms. The summed E-state index contributed by atoms with van der Waals surface area (Å²) in [5, 5.41) is 0.824. The lowest BCUT2D eigenvalue weighted by Gasteiger charge is -2.28. The van der Waals surface area contributed by atoms with E-state index in [2.05, 4.69) is 4.98 Å². The van der Waals surface area contributed by atoms with Crippen molar-refractivity contribution in [2.75, 3.05) is 31.2 Å². The molecule has 6 nitrogen and oxygen atoms in total. The molecule has 152 valence electrons. The summed E-state index contributed by atoms with van der Waals surface area (Å²) >= 11 is 0. The van der Waals surface area contributed by atoms with Crippen LogP contribution < -0.4 is 4.90 Å². The van der Waals surface area contributed by atoms with Gasteiger partial charge in [-0.05, 0) is 32.9 Å². The number of aromatic nitrogens is 2. The van der Waals surface area contributed by atoms with Gasteiger partial charge in [0.25, 0.3) is 0 Å². The number of benzene rings is 1. The van der Waals surface area contributed by atoms with Crippen molar-refractivity contribution in [2.24, 2.45) is 0 Å². The number of morpholine rings is 1. The summed E-state index contributed by atoms with van der Waals surface area (Å²) in [6.45, 7) is 7.93. The van der Waals surface area contributed by atoms with Gasteiger partial charge in [-0.25, -0.2) is 18.7 Å². The van der Waals surface area contributed by atoms with Gasteiger partial charge in [0.1, 0.15) is 17.2 Å². The Balaban J connectivity index is 1.79. The first kappa shape index (κ1) is 19.4. The van der Waals surface area contributed by atoms with Crippen LogP contribution in [0.4, 0.5) is 15.0 Å². The zero-order chi connectivity index (χ0) is 20.6. The van der Waals surface area contributed by atoms with Crippen molar-refractivity contribution in [3.63, 3.8) is 0 Å². The summed E-state index contributed by atoms with van der Waals surface area (Å²) in [5.74, 6) is 0.128. The molecular formula is C22H24FN3O3. The van der Waals surface area contributed by atoms with Gasteiger partial charge in [0.15, 0.2) is 0 Å². The fourth-order valence-electron chi connectivity index (χ4n) is 3.43. The molecule has 0 saturated carbocycles. The monoisotopic (exact) mass is 397 g/mol. The van der Waals surface area contributed by atoms with Gasteiger partial charge in [0, 0.05) is 30.7 Å². The molecule has 7 heteroatoms. The number of halogens is 1. The molecule has 0 N–H and O–H groups in total. The number of hydrogen-bond acceptors (Lipinski definition) is 5. The third-order valence-electron chi connectivity index (χ3n) is 4.74. The van der Waals surface area contributed by atoms with Crippen molar-refractivity contribution < 1.29 is 18.7 Å². The van der Waals surface area contributed by atoms with E-state index < -0.39 is 17.5 Å². The van der Waals surface area contributed by atoms with Gasteiger partial charge in [-0.1, -0.05) is 18.2 Å². The number of para-hydroxylation sites is 1. The van der Waals surface area contributed by atoms with E-state index >= 15 is 4.39 Å². The van der Waals surface area contributed by atoms with Crippen LogP contribution >= 0.6 is 0 Å². The van der Waals surface area contributed by atoms with Crippen LogP contribution in [-0.2, 0) is 9.47 Å². The first-order valence-electron chi connectivity index (χ1n) is 9.66. The van der Waals surface area contributed by atoms with Gasteiger partial charge >= 0.3 is 6.09 Å². The number of anilines is 1. The largest absolute Gasteiger partial charge is 0.443 e. The number of ether oxygens (including phenoxy) is 2. The third-order valence-corrected chi connectivity index (χ3v) is 4.74. The molecular weight excluding hydrogens is 373 g/mol. The van der Waals surface area contributed by atoms with E-state index in [-0.39, 0.29) is 5.56 Å². The maximum Gasteiger partial charge on any atom is 0.419 e. The second-order valence-electron chi connectivity index (χ2n) is 8.03. The highest BCUT2D eigenvalue weighted by Crippen LogP contribution is 2.32. The minimum atomic E-state index is -0.670. The van der Waals surface area contributed by atoms with E-state index in [1.54, 1.807) is 26.8 Å². The van der Waals surface area contributed by atoms with Crippen molar-refractivity contribution in [1.29, 1.82) is 0 Å². The van der Waals surface area contributed by atoms with Crippen molar-refractivity contribution in [1.82, 2.24) is 9.55 Å². The molecule has 3 heterocycles. The van der Waals surface area contributed by atoms with Crippen LogP contribution in [0.3, 0.4) is 0 Å². The van der Waals surface area contributed by atoms with Gasteiger partial charge in [-0.15, -0.1) is 0 Å². The minimum absolute atomic E-state index is 0.254. The molecule has 4 rings (SSSR count). The molecule has 0 amide bonds. The second kappa shape index (κ2) is 7.48. The quantitative estimate of drug-likeness (QED) is 0.639. The van der Waals surface area contributed by atoms with Crippen LogP contribution in [0.15, 0.2) is 42.6 Å². The lowest BCUT2D eigenvalue weighted by molar-refractivity contribution is 0.0547. The number of carbonyl (C=O) groups excluding carboxylic acids is 1. The lowest BCUT2D eigenvalue weighted by Crippen LogP contribution is -2.36. The third kappa shape index (κ3) is 3.96. The zero-order valence-electron chi connectivity index (χ0n) is 16.8. The van der Waals surface area contributed by atoms with Gasteiger partial charge in [0.2, 0.25) is 0 Å². The topological polar surface area (TPSA) is 56.6 Å². The summed E-state index contributed by atoms with van der Waals surface area (Å²) < 4.78 is 27.5. The van der Waals surface area contributed by atoms with E-state index in [0.717, 1.165) is 5.39 Å². The smallest absolute Gasteiger partial charge is 0.419 e. The van der Waals surface area contributed by atoms with E-state index in [1.165, 1.54) is 16.8 Å². The molecule has 1 fully saturated rings. The Bertz CT molecular complexity index is 1050. The Labute approximate surface area is 168 Å². The summed E-state index contributed by atoms with van der Waals surface area (Å²) in [6.07, 6.45) is 0.931. The normalized spacial score (nSPS) is 15.0. The molecule has 1 saturated heterocycles. The Morgan fingerprint density at radius 1 is 1.17 bits per heavy atom. The SMILES string of the molecule is CC(C)(C)OC(=O)n1c(-c2cnc(N3CCOCC3)cc2F)cc2ccccc21. The van der Waals surface area contributed by atoms with Gasteiger partial charge in [-0.3, -0.25) is 0 Å². The molecule has 0 bridgehead atoms. The fraction of sp³-hybridized carbons (Fsp3) is 0.364. The number of fused-ring (bicyclic) bond motifs is 1. The van der Waals surface area contributed by atoms with Crippen LogP contribution in [0.5, 0.6) is 0 Å². The molecule has 2 aromatic heterocycles. The van der Waals surface area contributed by atoms with Gasteiger partial charge < -0.3 is 14.4 Å². The van der Waals surface area contributed by atoms with Crippen molar-refractivity contribution in [2.45, 2.75) is 26.4 Å². The van der Waals surface area contributed by atoms with Crippen molar-refractivity contribution in [3.8, 4) is 11.3 Å².